The Hall–Kier alpha value is -2.70. The fourth-order valence-electron chi connectivity index (χ4n) is 2.84. The highest BCUT2D eigenvalue weighted by molar-refractivity contribution is 5.77. The summed E-state index contributed by atoms with van der Waals surface area (Å²) in [7, 11) is 0. The first-order valence-corrected chi connectivity index (χ1v) is 7.23. The van der Waals surface area contributed by atoms with E-state index >= 15 is 0 Å². The van der Waals surface area contributed by atoms with Gasteiger partial charge in [0.2, 0.25) is 0 Å². The van der Waals surface area contributed by atoms with Crippen LogP contribution in [0.2, 0.25) is 0 Å². The molecule has 120 valence electrons. The van der Waals surface area contributed by atoms with Crippen LogP contribution in [-0.2, 0) is 6.42 Å². The number of hydrogen-bond acceptors (Lipinski definition) is 4. The molecule has 2 aromatic rings. The number of rotatable bonds is 4. The van der Waals surface area contributed by atoms with Gasteiger partial charge in [-0.2, -0.15) is 0 Å². The maximum absolute atomic E-state index is 13.9. The fourth-order valence-corrected chi connectivity index (χ4v) is 2.84. The van der Waals surface area contributed by atoms with Crippen molar-refractivity contribution in [3.05, 3.63) is 63.2 Å². The molecule has 1 aliphatic rings. The van der Waals surface area contributed by atoms with Crippen molar-refractivity contribution < 1.29 is 13.7 Å². The molecule has 0 amide bonds. The van der Waals surface area contributed by atoms with E-state index in [9.17, 15) is 18.9 Å². The smallest absolute Gasteiger partial charge is 0.292 e. The Morgan fingerprint density at radius 2 is 2.09 bits per heavy atom. The molecule has 1 unspecified atom stereocenters. The molecule has 23 heavy (non-hydrogen) atoms. The molecule has 0 fully saturated rings. The first-order valence-electron chi connectivity index (χ1n) is 7.23. The molecule has 5 nitrogen and oxygen atoms in total. The largest absolute Gasteiger partial charge is 0.384 e. The molecule has 0 radical (unpaired) electrons. The van der Waals surface area contributed by atoms with Gasteiger partial charge in [-0.25, -0.2) is 8.78 Å². The van der Waals surface area contributed by atoms with Gasteiger partial charge in [-0.3, -0.25) is 10.1 Å². The molecule has 3 rings (SSSR count). The van der Waals surface area contributed by atoms with E-state index in [0.717, 1.165) is 17.3 Å². The average Bonchev–Trinajstić information content (AvgIpc) is 2.95. The van der Waals surface area contributed by atoms with E-state index < -0.39 is 22.6 Å². The Morgan fingerprint density at radius 1 is 1.30 bits per heavy atom. The number of nitrogens with one attached hydrogen (secondary N) is 2. The minimum atomic E-state index is -0.682. The highest BCUT2D eigenvalue weighted by atomic mass is 19.1. The zero-order chi connectivity index (χ0) is 16.6. The van der Waals surface area contributed by atoms with Crippen LogP contribution in [-0.4, -0.2) is 11.5 Å². The van der Waals surface area contributed by atoms with Crippen molar-refractivity contribution in [1.29, 1.82) is 0 Å². The maximum atomic E-state index is 13.9. The molecule has 0 bridgehead atoms. The van der Waals surface area contributed by atoms with E-state index in [4.69, 9.17) is 0 Å². The van der Waals surface area contributed by atoms with Gasteiger partial charge in [0.25, 0.3) is 5.69 Å². The Morgan fingerprint density at radius 3 is 2.78 bits per heavy atom. The number of anilines is 2. The van der Waals surface area contributed by atoms with Gasteiger partial charge in [-0.1, -0.05) is 6.07 Å². The average molecular weight is 319 g/mol. The summed E-state index contributed by atoms with van der Waals surface area (Å²) in [6, 6.07) is 5.87. The van der Waals surface area contributed by atoms with Crippen LogP contribution in [0.3, 0.4) is 0 Å². The topological polar surface area (TPSA) is 67.2 Å². The third-order valence-corrected chi connectivity index (χ3v) is 3.97. The molecule has 0 saturated heterocycles. The van der Waals surface area contributed by atoms with Crippen molar-refractivity contribution in [2.45, 2.75) is 19.4 Å². The number of hydrogen-bond donors (Lipinski definition) is 2. The van der Waals surface area contributed by atoms with Crippen molar-refractivity contribution in [2.75, 3.05) is 17.2 Å². The molecular formula is C16H15F2N3O2. The summed E-state index contributed by atoms with van der Waals surface area (Å²) >= 11 is 0. The van der Waals surface area contributed by atoms with E-state index in [1.54, 1.807) is 13.0 Å². The predicted molar refractivity (Wildman–Crippen MR) is 83.7 cm³/mol. The standard InChI is InChI=1S/C16H15F2N3O2/c1-9(11-3-2-10(17)8-13(11)18)20-16-12-6-7-19-14(12)4-5-15(16)21(22)23/h2-5,8-9,19-20H,6-7H2,1H3. The van der Waals surface area contributed by atoms with Crippen molar-refractivity contribution >= 4 is 17.1 Å². The van der Waals surface area contributed by atoms with Gasteiger partial charge >= 0.3 is 0 Å². The first kappa shape index (κ1) is 15.2. The first-order chi connectivity index (χ1) is 11.0. The van der Waals surface area contributed by atoms with E-state index in [-0.39, 0.29) is 11.3 Å². The third-order valence-electron chi connectivity index (χ3n) is 3.97. The van der Waals surface area contributed by atoms with E-state index in [1.807, 2.05) is 0 Å². The normalized spacial score (nSPS) is 14.0. The summed E-state index contributed by atoms with van der Waals surface area (Å²) in [5.41, 5.74) is 2.23. The molecule has 1 heterocycles. The summed E-state index contributed by atoms with van der Waals surface area (Å²) in [6.07, 6.45) is 0.651. The molecule has 0 saturated carbocycles. The third kappa shape index (κ3) is 2.81. The second kappa shape index (κ2) is 5.83. The van der Waals surface area contributed by atoms with Gasteiger partial charge in [0, 0.05) is 35.5 Å². The zero-order valence-electron chi connectivity index (χ0n) is 12.4. The van der Waals surface area contributed by atoms with Gasteiger partial charge < -0.3 is 10.6 Å². The minimum absolute atomic E-state index is 0.0539. The lowest BCUT2D eigenvalue weighted by Gasteiger charge is -2.18. The molecule has 0 aromatic heterocycles. The number of halogens is 2. The Kier molecular flexibility index (Phi) is 3.85. The summed E-state index contributed by atoms with van der Waals surface area (Å²) in [5.74, 6) is -1.34. The number of fused-ring (bicyclic) bond motifs is 1. The highest BCUT2D eigenvalue weighted by Gasteiger charge is 2.25. The molecule has 2 aromatic carbocycles. The summed E-state index contributed by atoms with van der Waals surface area (Å²) < 4.78 is 26.9. The second-order valence-electron chi connectivity index (χ2n) is 5.45. The van der Waals surface area contributed by atoms with Crippen LogP contribution in [0, 0.1) is 21.7 Å². The lowest BCUT2D eigenvalue weighted by Crippen LogP contribution is -2.12. The van der Waals surface area contributed by atoms with Gasteiger partial charge in [0.05, 0.1) is 11.0 Å². The van der Waals surface area contributed by atoms with Gasteiger partial charge in [-0.15, -0.1) is 0 Å². The minimum Gasteiger partial charge on any atom is -0.384 e. The summed E-state index contributed by atoms with van der Waals surface area (Å²) in [6.45, 7) is 2.38. The van der Waals surface area contributed by atoms with Gasteiger partial charge in [-0.05, 0) is 25.5 Å². The van der Waals surface area contributed by atoms with Crippen LogP contribution in [0.4, 0.5) is 25.8 Å². The number of benzene rings is 2. The van der Waals surface area contributed by atoms with Crippen LogP contribution >= 0.6 is 0 Å². The van der Waals surface area contributed by atoms with Crippen molar-refractivity contribution in [1.82, 2.24) is 0 Å². The number of nitrogens with zero attached hydrogens (tertiary/aromatic N) is 1. The lowest BCUT2D eigenvalue weighted by molar-refractivity contribution is -0.384. The Labute approximate surface area is 131 Å². The Bertz CT molecular complexity index is 780. The predicted octanol–water partition coefficient (Wildman–Crippen LogP) is 4.01. The summed E-state index contributed by atoms with van der Waals surface area (Å²) in [4.78, 5) is 10.8. The number of nitro groups is 1. The van der Waals surface area contributed by atoms with Crippen LogP contribution < -0.4 is 10.6 Å². The van der Waals surface area contributed by atoms with Crippen LogP contribution in [0.5, 0.6) is 0 Å². The van der Waals surface area contributed by atoms with Crippen LogP contribution in [0.25, 0.3) is 0 Å². The van der Waals surface area contributed by atoms with Gasteiger partial charge in [0.15, 0.2) is 0 Å². The molecule has 2 N–H and O–H groups in total. The van der Waals surface area contributed by atoms with E-state index in [2.05, 4.69) is 10.6 Å². The Balaban J connectivity index is 1.99. The molecule has 0 aliphatic carbocycles. The zero-order valence-corrected chi connectivity index (χ0v) is 12.4. The fraction of sp³-hybridized carbons (Fsp3) is 0.250. The van der Waals surface area contributed by atoms with E-state index in [0.29, 0.717) is 18.7 Å². The van der Waals surface area contributed by atoms with Gasteiger partial charge in [0.1, 0.15) is 17.3 Å². The van der Waals surface area contributed by atoms with Crippen molar-refractivity contribution in [3.63, 3.8) is 0 Å². The highest BCUT2D eigenvalue weighted by Crippen LogP contribution is 2.38. The molecule has 1 atom stereocenters. The molecule has 0 spiro atoms. The lowest BCUT2D eigenvalue weighted by atomic mass is 10.0. The molecule has 7 heteroatoms. The monoisotopic (exact) mass is 319 g/mol. The maximum Gasteiger partial charge on any atom is 0.292 e. The SMILES string of the molecule is CC(Nc1c([N+](=O)[O-])ccc2c1CCN2)c1ccc(F)cc1F. The number of nitro benzene ring substituents is 1. The quantitative estimate of drug-likeness (QED) is 0.660. The second-order valence-corrected chi connectivity index (χ2v) is 5.45. The van der Waals surface area contributed by atoms with Crippen LogP contribution in [0.1, 0.15) is 24.1 Å². The van der Waals surface area contributed by atoms with Crippen LogP contribution in [0.15, 0.2) is 30.3 Å². The van der Waals surface area contributed by atoms with E-state index in [1.165, 1.54) is 18.2 Å². The van der Waals surface area contributed by atoms with Crippen molar-refractivity contribution in [3.8, 4) is 0 Å². The molecule has 1 aliphatic heterocycles. The molecular weight excluding hydrogens is 304 g/mol. The van der Waals surface area contributed by atoms with Crippen molar-refractivity contribution in [2.24, 2.45) is 0 Å². The summed E-state index contributed by atoms with van der Waals surface area (Å²) in [5, 5.41) is 17.4.